The summed E-state index contributed by atoms with van der Waals surface area (Å²) >= 11 is 0. The summed E-state index contributed by atoms with van der Waals surface area (Å²) in [5, 5.41) is 3.04. The molecule has 0 saturated carbocycles. The summed E-state index contributed by atoms with van der Waals surface area (Å²) in [5.41, 5.74) is 1.35. The van der Waals surface area contributed by atoms with Crippen LogP contribution in [0.4, 0.5) is 14.5 Å². The van der Waals surface area contributed by atoms with Crippen LogP contribution in [0.25, 0.3) is 0 Å². The maximum Gasteiger partial charge on any atom is 0.387 e. The third-order valence-electron chi connectivity index (χ3n) is 2.47. The van der Waals surface area contributed by atoms with Crippen LogP contribution in [-0.4, -0.2) is 23.7 Å². The van der Waals surface area contributed by atoms with E-state index in [4.69, 9.17) is 4.74 Å². The minimum atomic E-state index is -2.90. The van der Waals surface area contributed by atoms with Crippen molar-refractivity contribution in [2.24, 2.45) is 0 Å². The Hall–Kier alpha value is -2.44. The van der Waals surface area contributed by atoms with Crippen molar-refractivity contribution in [1.29, 1.82) is 0 Å². The molecule has 0 fully saturated rings. The van der Waals surface area contributed by atoms with Gasteiger partial charge in [0, 0.05) is 24.1 Å². The number of hydrogen-bond donors (Lipinski definition) is 1. The molecule has 20 heavy (non-hydrogen) atoms. The zero-order valence-corrected chi connectivity index (χ0v) is 10.7. The van der Waals surface area contributed by atoms with E-state index in [0.717, 1.165) is 5.69 Å². The molecular weight excluding hydrogens is 268 g/mol. The molecule has 0 saturated heterocycles. The van der Waals surface area contributed by atoms with E-state index in [1.807, 2.05) is 0 Å². The van der Waals surface area contributed by atoms with Gasteiger partial charge in [0.05, 0.1) is 25.5 Å². The van der Waals surface area contributed by atoms with E-state index in [0.29, 0.717) is 12.2 Å². The Morgan fingerprint density at radius 2 is 2.10 bits per heavy atom. The number of halogens is 2. The summed E-state index contributed by atoms with van der Waals surface area (Å²) in [6.07, 6.45) is 4.77. The van der Waals surface area contributed by atoms with E-state index in [9.17, 15) is 8.78 Å². The van der Waals surface area contributed by atoms with Crippen molar-refractivity contribution in [2.45, 2.75) is 13.2 Å². The number of nitrogens with one attached hydrogen (secondary N) is 1. The smallest absolute Gasteiger partial charge is 0.387 e. The zero-order chi connectivity index (χ0) is 14.4. The molecule has 0 radical (unpaired) electrons. The number of anilines is 1. The summed E-state index contributed by atoms with van der Waals surface area (Å²) in [5.74, 6) is 0.224. The van der Waals surface area contributed by atoms with E-state index >= 15 is 0 Å². The van der Waals surface area contributed by atoms with Gasteiger partial charge >= 0.3 is 6.61 Å². The molecule has 0 unspecified atom stereocenters. The van der Waals surface area contributed by atoms with Gasteiger partial charge in [-0.2, -0.15) is 8.78 Å². The van der Waals surface area contributed by atoms with Crippen molar-refractivity contribution in [3.63, 3.8) is 0 Å². The number of aromatic nitrogens is 2. The van der Waals surface area contributed by atoms with Gasteiger partial charge in [0.15, 0.2) is 11.5 Å². The van der Waals surface area contributed by atoms with E-state index < -0.39 is 6.61 Å². The second kappa shape index (κ2) is 6.65. The molecule has 7 heteroatoms. The first-order valence-electron chi connectivity index (χ1n) is 5.80. The van der Waals surface area contributed by atoms with Gasteiger partial charge in [-0.3, -0.25) is 9.97 Å². The molecule has 0 aliphatic rings. The first-order valence-corrected chi connectivity index (χ1v) is 5.80. The molecule has 1 heterocycles. The Bertz CT molecular complexity index is 553. The average molecular weight is 281 g/mol. The van der Waals surface area contributed by atoms with Gasteiger partial charge in [0.2, 0.25) is 0 Å². The summed E-state index contributed by atoms with van der Waals surface area (Å²) in [7, 11) is 1.39. The SMILES string of the molecule is COc1ccc(NCc2cnccn2)cc1OC(F)F. The predicted octanol–water partition coefficient (Wildman–Crippen LogP) is 2.70. The van der Waals surface area contributed by atoms with Gasteiger partial charge in [0.25, 0.3) is 0 Å². The number of alkyl halides is 2. The Morgan fingerprint density at radius 1 is 1.25 bits per heavy atom. The van der Waals surface area contributed by atoms with Gasteiger partial charge in [-0.1, -0.05) is 0 Å². The Labute approximate surface area is 114 Å². The van der Waals surface area contributed by atoms with Crippen LogP contribution < -0.4 is 14.8 Å². The van der Waals surface area contributed by atoms with Crippen molar-refractivity contribution in [2.75, 3.05) is 12.4 Å². The molecule has 2 aromatic rings. The standard InChI is InChI=1S/C13H13F2N3O2/c1-19-11-3-2-9(6-12(11)20-13(14)15)18-8-10-7-16-4-5-17-10/h2-7,13,18H,8H2,1H3. The summed E-state index contributed by atoms with van der Waals surface area (Å²) < 4.78 is 34.0. The lowest BCUT2D eigenvalue weighted by Gasteiger charge is -2.12. The van der Waals surface area contributed by atoms with Gasteiger partial charge < -0.3 is 14.8 Å². The monoisotopic (exact) mass is 281 g/mol. The van der Waals surface area contributed by atoms with Gasteiger partial charge in [-0.15, -0.1) is 0 Å². The van der Waals surface area contributed by atoms with Gasteiger partial charge in [-0.25, -0.2) is 0 Å². The molecule has 0 spiro atoms. The number of rotatable bonds is 6. The second-order valence-electron chi connectivity index (χ2n) is 3.79. The maximum absolute atomic E-state index is 12.3. The van der Waals surface area contributed by atoms with E-state index in [1.54, 1.807) is 30.7 Å². The molecule has 0 aliphatic carbocycles. The lowest BCUT2D eigenvalue weighted by atomic mass is 10.2. The molecule has 1 aromatic heterocycles. The average Bonchev–Trinajstić information content (AvgIpc) is 2.46. The number of hydrogen-bond acceptors (Lipinski definition) is 5. The van der Waals surface area contributed by atoms with Crippen molar-refractivity contribution in [1.82, 2.24) is 9.97 Å². The van der Waals surface area contributed by atoms with Crippen LogP contribution in [0.2, 0.25) is 0 Å². The fourth-order valence-corrected chi connectivity index (χ4v) is 1.59. The summed E-state index contributed by atoms with van der Waals surface area (Å²) in [6.45, 7) is -2.48. The lowest BCUT2D eigenvalue weighted by Crippen LogP contribution is -2.05. The predicted molar refractivity (Wildman–Crippen MR) is 69.0 cm³/mol. The highest BCUT2D eigenvalue weighted by Crippen LogP contribution is 2.31. The molecule has 5 nitrogen and oxygen atoms in total. The highest BCUT2D eigenvalue weighted by atomic mass is 19.3. The second-order valence-corrected chi connectivity index (χ2v) is 3.79. The fraction of sp³-hybridized carbons (Fsp3) is 0.231. The van der Waals surface area contributed by atoms with Crippen molar-refractivity contribution in [3.05, 3.63) is 42.5 Å². The molecule has 0 aliphatic heterocycles. The van der Waals surface area contributed by atoms with Crippen LogP contribution in [0.5, 0.6) is 11.5 Å². The van der Waals surface area contributed by atoms with Crippen molar-refractivity contribution >= 4 is 5.69 Å². The van der Waals surface area contributed by atoms with Crippen molar-refractivity contribution in [3.8, 4) is 11.5 Å². The van der Waals surface area contributed by atoms with E-state index in [2.05, 4.69) is 20.0 Å². The van der Waals surface area contributed by atoms with Crippen LogP contribution in [0, 0.1) is 0 Å². The molecular formula is C13H13F2N3O2. The Balaban J connectivity index is 2.08. The molecule has 0 amide bonds. The molecule has 1 N–H and O–H groups in total. The van der Waals surface area contributed by atoms with E-state index in [1.165, 1.54) is 13.2 Å². The molecule has 106 valence electrons. The first kappa shape index (κ1) is 14.0. The fourth-order valence-electron chi connectivity index (χ4n) is 1.59. The van der Waals surface area contributed by atoms with Gasteiger partial charge in [0.1, 0.15) is 0 Å². The Kier molecular flexibility index (Phi) is 4.65. The topological polar surface area (TPSA) is 56.3 Å². The highest BCUT2D eigenvalue weighted by molar-refractivity contribution is 5.54. The number of methoxy groups -OCH3 is 1. The number of nitrogens with zero attached hydrogens (tertiary/aromatic N) is 2. The minimum absolute atomic E-state index is 0.0216. The normalized spacial score (nSPS) is 10.4. The zero-order valence-electron chi connectivity index (χ0n) is 10.7. The van der Waals surface area contributed by atoms with Crippen LogP contribution in [-0.2, 0) is 6.54 Å². The third kappa shape index (κ3) is 3.78. The van der Waals surface area contributed by atoms with Gasteiger partial charge in [-0.05, 0) is 12.1 Å². The molecule has 0 bridgehead atoms. The van der Waals surface area contributed by atoms with Crippen LogP contribution in [0.1, 0.15) is 5.69 Å². The molecule has 2 rings (SSSR count). The molecule has 1 aromatic carbocycles. The van der Waals surface area contributed by atoms with Crippen LogP contribution in [0.3, 0.4) is 0 Å². The molecule has 0 atom stereocenters. The largest absolute Gasteiger partial charge is 0.493 e. The maximum atomic E-state index is 12.3. The third-order valence-corrected chi connectivity index (χ3v) is 2.47. The lowest BCUT2D eigenvalue weighted by molar-refractivity contribution is -0.0511. The van der Waals surface area contributed by atoms with Crippen LogP contribution in [0.15, 0.2) is 36.8 Å². The van der Waals surface area contributed by atoms with Crippen LogP contribution >= 0.6 is 0 Å². The summed E-state index contributed by atoms with van der Waals surface area (Å²) in [4.78, 5) is 8.03. The number of ether oxygens (including phenoxy) is 2. The highest BCUT2D eigenvalue weighted by Gasteiger charge is 2.11. The minimum Gasteiger partial charge on any atom is -0.493 e. The first-order chi connectivity index (χ1) is 9.69. The Morgan fingerprint density at radius 3 is 2.75 bits per heavy atom. The van der Waals surface area contributed by atoms with Crippen molar-refractivity contribution < 1.29 is 18.3 Å². The van der Waals surface area contributed by atoms with E-state index in [-0.39, 0.29) is 11.5 Å². The summed E-state index contributed by atoms with van der Waals surface area (Å²) in [6, 6.07) is 4.70. The number of benzene rings is 1. The quantitative estimate of drug-likeness (QED) is 0.882.